The van der Waals surface area contributed by atoms with E-state index >= 15 is 0 Å². The molecule has 2 aromatic heterocycles. The SMILES string of the molecule is CCCn1ccnc1Cc1ncc(C)cc1N. The highest BCUT2D eigenvalue weighted by Gasteiger charge is 2.07. The molecule has 17 heavy (non-hydrogen) atoms. The molecular formula is C13H18N4. The van der Waals surface area contributed by atoms with Crippen molar-refractivity contribution in [2.45, 2.75) is 33.2 Å². The van der Waals surface area contributed by atoms with E-state index in [1.165, 1.54) is 0 Å². The van der Waals surface area contributed by atoms with Crippen molar-refractivity contribution in [1.82, 2.24) is 14.5 Å². The normalized spacial score (nSPS) is 10.7. The van der Waals surface area contributed by atoms with Crippen molar-refractivity contribution in [3.63, 3.8) is 0 Å². The van der Waals surface area contributed by atoms with Crippen LogP contribution >= 0.6 is 0 Å². The van der Waals surface area contributed by atoms with Crippen LogP contribution in [0.25, 0.3) is 0 Å². The van der Waals surface area contributed by atoms with E-state index in [-0.39, 0.29) is 0 Å². The number of nitrogen functional groups attached to an aromatic ring is 1. The summed E-state index contributed by atoms with van der Waals surface area (Å²) < 4.78 is 2.15. The molecule has 4 heteroatoms. The number of nitrogens with two attached hydrogens (primary N) is 1. The monoisotopic (exact) mass is 230 g/mol. The van der Waals surface area contributed by atoms with Gasteiger partial charge >= 0.3 is 0 Å². The summed E-state index contributed by atoms with van der Waals surface area (Å²) in [7, 11) is 0. The van der Waals surface area contributed by atoms with Crippen LogP contribution in [-0.4, -0.2) is 14.5 Å². The first kappa shape index (κ1) is 11.6. The van der Waals surface area contributed by atoms with Crippen LogP contribution in [0.5, 0.6) is 0 Å². The number of aryl methyl sites for hydroxylation is 2. The molecular weight excluding hydrogens is 212 g/mol. The quantitative estimate of drug-likeness (QED) is 0.875. The average Bonchev–Trinajstić information content (AvgIpc) is 2.71. The summed E-state index contributed by atoms with van der Waals surface area (Å²) >= 11 is 0. The zero-order valence-corrected chi connectivity index (χ0v) is 10.3. The number of nitrogens with zero attached hydrogens (tertiary/aromatic N) is 3. The first-order chi connectivity index (χ1) is 8.20. The fourth-order valence-electron chi connectivity index (χ4n) is 1.87. The summed E-state index contributed by atoms with van der Waals surface area (Å²) in [5.41, 5.74) is 8.70. The summed E-state index contributed by atoms with van der Waals surface area (Å²) in [6, 6.07) is 1.95. The zero-order chi connectivity index (χ0) is 12.3. The molecule has 0 radical (unpaired) electrons. The van der Waals surface area contributed by atoms with E-state index in [4.69, 9.17) is 5.73 Å². The Bertz CT molecular complexity index is 502. The Hall–Kier alpha value is -1.84. The van der Waals surface area contributed by atoms with Gasteiger partial charge in [0.15, 0.2) is 0 Å². The molecule has 0 aliphatic rings. The van der Waals surface area contributed by atoms with Gasteiger partial charge in [-0.15, -0.1) is 0 Å². The molecule has 0 bridgehead atoms. The van der Waals surface area contributed by atoms with Crippen LogP contribution in [0.1, 0.15) is 30.4 Å². The highest BCUT2D eigenvalue weighted by Crippen LogP contribution is 2.14. The van der Waals surface area contributed by atoms with Crippen LogP contribution in [-0.2, 0) is 13.0 Å². The molecule has 0 amide bonds. The lowest BCUT2D eigenvalue weighted by Gasteiger charge is -2.08. The summed E-state index contributed by atoms with van der Waals surface area (Å²) in [6.45, 7) is 5.13. The summed E-state index contributed by atoms with van der Waals surface area (Å²) in [6.07, 6.45) is 7.47. The van der Waals surface area contributed by atoms with Crippen LogP contribution < -0.4 is 5.73 Å². The van der Waals surface area contributed by atoms with Gasteiger partial charge in [0.25, 0.3) is 0 Å². The summed E-state index contributed by atoms with van der Waals surface area (Å²) in [4.78, 5) is 8.74. The molecule has 0 aliphatic heterocycles. The fourth-order valence-corrected chi connectivity index (χ4v) is 1.87. The van der Waals surface area contributed by atoms with Gasteiger partial charge in [-0.1, -0.05) is 6.92 Å². The number of pyridine rings is 1. The van der Waals surface area contributed by atoms with Gasteiger partial charge in [-0.25, -0.2) is 4.98 Å². The molecule has 0 spiro atoms. The van der Waals surface area contributed by atoms with Gasteiger partial charge < -0.3 is 10.3 Å². The zero-order valence-electron chi connectivity index (χ0n) is 10.3. The van der Waals surface area contributed by atoms with Crippen molar-refractivity contribution < 1.29 is 0 Å². The van der Waals surface area contributed by atoms with Crippen molar-refractivity contribution in [3.05, 3.63) is 41.7 Å². The molecule has 0 saturated carbocycles. The molecule has 2 heterocycles. The maximum atomic E-state index is 5.96. The van der Waals surface area contributed by atoms with Gasteiger partial charge in [0.1, 0.15) is 5.82 Å². The topological polar surface area (TPSA) is 56.7 Å². The number of hydrogen-bond acceptors (Lipinski definition) is 3. The molecule has 0 atom stereocenters. The fraction of sp³-hybridized carbons (Fsp3) is 0.385. The standard InChI is InChI=1S/C13H18N4/c1-3-5-17-6-4-15-13(17)8-12-11(14)7-10(2)9-16-12/h4,6-7,9H,3,5,8,14H2,1-2H3. The highest BCUT2D eigenvalue weighted by atomic mass is 15.1. The minimum absolute atomic E-state index is 0.694. The van der Waals surface area contributed by atoms with E-state index in [0.717, 1.165) is 35.7 Å². The van der Waals surface area contributed by atoms with E-state index in [9.17, 15) is 0 Å². The molecule has 0 saturated heterocycles. The Labute approximate surface area is 102 Å². The highest BCUT2D eigenvalue weighted by molar-refractivity contribution is 5.45. The number of hydrogen-bond donors (Lipinski definition) is 1. The van der Waals surface area contributed by atoms with Gasteiger partial charge in [0.05, 0.1) is 17.8 Å². The summed E-state index contributed by atoms with van der Waals surface area (Å²) in [5, 5.41) is 0. The predicted octanol–water partition coefficient (Wildman–Crippen LogP) is 2.17. The first-order valence-electron chi connectivity index (χ1n) is 5.91. The van der Waals surface area contributed by atoms with E-state index < -0.39 is 0 Å². The van der Waals surface area contributed by atoms with E-state index in [1.807, 2.05) is 31.6 Å². The molecule has 90 valence electrons. The molecule has 0 aromatic carbocycles. The van der Waals surface area contributed by atoms with Gasteiger partial charge in [-0.05, 0) is 25.0 Å². The molecule has 2 N–H and O–H groups in total. The maximum Gasteiger partial charge on any atom is 0.114 e. The van der Waals surface area contributed by atoms with Crippen molar-refractivity contribution in [1.29, 1.82) is 0 Å². The van der Waals surface area contributed by atoms with E-state index in [2.05, 4.69) is 21.5 Å². The smallest absolute Gasteiger partial charge is 0.114 e. The number of anilines is 1. The minimum Gasteiger partial charge on any atom is -0.397 e. The number of imidazole rings is 1. The lowest BCUT2D eigenvalue weighted by molar-refractivity contribution is 0.645. The number of aromatic nitrogens is 3. The van der Waals surface area contributed by atoms with Gasteiger partial charge in [0.2, 0.25) is 0 Å². The molecule has 0 unspecified atom stereocenters. The van der Waals surface area contributed by atoms with Crippen molar-refractivity contribution in [3.8, 4) is 0 Å². The maximum absolute atomic E-state index is 5.96. The van der Waals surface area contributed by atoms with Gasteiger partial charge in [-0.3, -0.25) is 4.98 Å². The lowest BCUT2D eigenvalue weighted by atomic mass is 10.2. The Balaban J connectivity index is 2.22. The van der Waals surface area contributed by atoms with Gasteiger partial charge in [-0.2, -0.15) is 0 Å². The van der Waals surface area contributed by atoms with Crippen molar-refractivity contribution in [2.75, 3.05) is 5.73 Å². The third-order valence-corrected chi connectivity index (χ3v) is 2.73. The van der Waals surface area contributed by atoms with E-state index in [1.54, 1.807) is 0 Å². The molecule has 0 fully saturated rings. The second-order valence-corrected chi connectivity index (χ2v) is 4.26. The second-order valence-electron chi connectivity index (χ2n) is 4.26. The first-order valence-corrected chi connectivity index (χ1v) is 5.91. The Kier molecular flexibility index (Phi) is 3.42. The Morgan fingerprint density at radius 1 is 1.35 bits per heavy atom. The van der Waals surface area contributed by atoms with Crippen molar-refractivity contribution in [2.24, 2.45) is 0 Å². The largest absolute Gasteiger partial charge is 0.397 e. The molecule has 0 aliphatic carbocycles. The van der Waals surface area contributed by atoms with Crippen LogP contribution in [0, 0.1) is 6.92 Å². The van der Waals surface area contributed by atoms with Crippen LogP contribution in [0.3, 0.4) is 0 Å². The van der Waals surface area contributed by atoms with Gasteiger partial charge in [0, 0.05) is 25.1 Å². The van der Waals surface area contributed by atoms with Crippen LogP contribution in [0.2, 0.25) is 0 Å². The lowest BCUT2D eigenvalue weighted by Crippen LogP contribution is -2.06. The predicted molar refractivity (Wildman–Crippen MR) is 68.7 cm³/mol. The van der Waals surface area contributed by atoms with Crippen LogP contribution in [0.15, 0.2) is 24.7 Å². The minimum atomic E-state index is 0.694. The third kappa shape index (κ3) is 2.64. The van der Waals surface area contributed by atoms with E-state index in [0.29, 0.717) is 6.42 Å². The van der Waals surface area contributed by atoms with Crippen LogP contribution in [0.4, 0.5) is 5.69 Å². The molecule has 2 rings (SSSR count). The summed E-state index contributed by atoms with van der Waals surface area (Å²) in [5.74, 6) is 1.02. The Morgan fingerprint density at radius 3 is 2.88 bits per heavy atom. The molecule has 2 aromatic rings. The number of rotatable bonds is 4. The average molecular weight is 230 g/mol. The third-order valence-electron chi connectivity index (χ3n) is 2.73. The molecule has 4 nitrogen and oxygen atoms in total. The second kappa shape index (κ2) is 4.99. The Morgan fingerprint density at radius 2 is 2.18 bits per heavy atom. The van der Waals surface area contributed by atoms with Crippen molar-refractivity contribution >= 4 is 5.69 Å².